The average Bonchev–Trinajstić information content (AvgIpc) is 3.08. The monoisotopic (exact) mass is 352 g/mol. The molecule has 0 spiro atoms. The first-order valence-corrected chi connectivity index (χ1v) is 8.77. The number of piperazine rings is 1. The van der Waals surface area contributed by atoms with Gasteiger partial charge in [0.1, 0.15) is 5.76 Å². The number of aryl methyl sites for hydroxylation is 1. The zero-order valence-electron chi connectivity index (χ0n) is 15.3. The fourth-order valence-electron chi connectivity index (χ4n) is 3.05. The number of aromatic nitrogens is 1. The number of hydrogen-bond donors (Lipinski definition) is 1. The molecule has 1 aromatic heterocycles. The molecule has 0 aliphatic carbocycles. The first-order valence-electron chi connectivity index (χ1n) is 8.77. The van der Waals surface area contributed by atoms with Crippen LogP contribution in [-0.2, 0) is 13.1 Å². The van der Waals surface area contributed by atoms with E-state index in [0.717, 1.165) is 55.7 Å². The highest BCUT2D eigenvalue weighted by Gasteiger charge is 2.20. The van der Waals surface area contributed by atoms with Crippen LogP contribution in [0.25, 0.3) is 0 Å². The third-order valence-electron chi connectivity index (χ3n) is 4.48. The summed E-state index contributed by atoms with van der Waals surface area (Å²) in [7, 11) is 1.81. The van der Waals surface area contributed by atoms with Crippen LogP contribution >= 0.6 is 0 Å². The molecule has 0 amide bonds. The number of nitrogens with one attached hydrogen (secondary N) is 1. The zero-order valence-corrected chi connectivity index (χ0v) is 15.3. The molecule has 7 nitrogen and oxygen atoms in total. The summed E-state index contributed by atoms with van der Waals surface area (Å²) in [6.45, 7) is 7.19. The molecule has 1 saturated heterocycles. The van der Waals surface area contributed by atoms with Crippen LogP contribution in [0, 0.1) is 18.3 Å². The SMILES string of the molecule is CN=C(NCc1ccc(C#N)cc1)N1CCN(Cc2cc(C)on2)CC1. The Hall–Kier alpha value is -2.85. The molecule has 136 valence electrons. The van der Waals surface area contributed by atoms with Crippen LogP contribution in [0.4, 0.5) is 0 Å². The van der Waals surface area contributed by atoms with Crippen LogP contribution in [0.2, 0.25) is 0 Å². The third kappa shape index (κ3) is 4.61. The predicted molar refractivity (Wildman–Crippen MR) is 99.4 cm³/mol. The van der Waals surface area contributed by atoms with Gasteiger partial charge >= 0.3 is 0 Å². The lowest BCUT2D eigenvalue weighted by molar-refractivity contribution is 0.169. The van der Waals surface area contributed by atoms with E-state index in [9.17, 15) is 0 Å². The zero-order chi connectivity index (χ0) is 18.4. The first kappa shape index (κ1) is 18.0. The Morgan fingerprint density at radius 2 is 2.00 bits per heavy atom. The number of aliphatic imine (C=N–C) groups is 1. The summed E-state index contributed by atoms with van der Waals surface area (Å²) in [5.41, 5.74) is 2.79. The van der Waals surface area contributed by atoms with Crippen molar-refractivity contribution in [3.8, 4) is 6.07 Å². The van der Waals surface area contributed by atoms with Crippen LogP contribution in [-0.4, -0.2) is 54.1 Å². The Balaban J connectivity index is 1.48. The Bertz CT molecular complexity index is 781. The van der Waals surface area contributed by atoms with E-state index in [2.05, 4.69) is 31.3 Å². The van der Waals surface area contributed by atoms with Crippen molar-refractivity contribution in [3.63, 3.8) is 0 Å². The van der Waals surface area contributed by atoms with Crippen molar-refractivity contribution in [1.29, 1.82) is 5.26 Å². The standard InChI is InChI=1S/C19H24N6O/c1-15-11-18(23-26-15)14-24-7-9-25(10-8-24)19(21-2)22-13-17-5-3-16(12-20)4-6-17/h3-6,11H,7-10,13-14H2,1-2H3,(H,21,22). The van der Waals surface area contributed by atoms with E-state index in [-0.39, 0.29) is 0 Å². The molecule has 2 aromatic rings. The highest BCUT2D eigenvalue weighted by atomic mass is 16.5. The summed E-state index contributed by atoms with van der Waals surface area (Å²) in [4.78, 5) is 9.05. The second-order valence-electron chi connectivity index (χ2n) is 6.40. The van der Waals surface area contributed by atoms with E-state index < -0.39 is 0 Å². The van der Waals surface area contributed by atoms with Crippen LogP contribution in [0.3, 0.4) is 0 Å². The van der Waals surface area contributed by atoms with Crippen LogP contribution in [0.1, 0.15) is 22.6 Å². The van der Waals surface area contributed by atoms with E-state index in [4.69, 9.17) is 9.78 Å². The molecule has 26 heavy (non-hydrogen) atoms. The minimum Gasteiger partial charge on any atom is -0.361 e. The van der Waals surface area contributed by atoms with Crippen molar-refractivity contribution in [2.45, 2.75) is 20.0 Å². The lowest BCUT2D eigenvalue weighted by atomic mass is 10.1. The van der Waals surface area contributed by atoms with E-state index in [1.165, 1.54) is 0 Å². The third-order valence-corrected chi connectivity index (χ3v) is 4.48. The molecule has 0 saturated carbocycles. The van der Waals surface area contributed by atoms with Crippen molar-refractivity contribution in [3.05, 3.63) is 52.9 Å². The topological polar surface area (TPSA) is 80.7 Å². The van der Waals surface area contributed by atoms with Gasteiger partial charge in [0.05, 0.1) is 17.3 Å². The molecular formula is C19H24N6O. The Morgan fingerprint density at radius 3 is 2.58 bits per heavy atom. The second-order valence-corrected chi connectivity index (χ2v) is 6.40. The number of nitrogens with zero attached hydrogens (tertiary/aromatic N) is 5. The Morgan fingerprint density at radius 1 is 1.27 bits per heavy atom. The Labute approximate surface area is 153 Å². The van der Waals surface area contributed by atoms with Gasteiger partial charge in [0.25, 0.3) is 0 Å². The van der Waals surface area contributed by atoms with Crippen molar-refractivity contribution in [2.75, 3.05) is 33.2 Å². The van der Waals surface area contributed by atoms with Gasteiger partial charge < -0.3 is 14.7 Å². The first-order chi connectivity index (χ1) is 12.7. The van der Waals surface area contributed by atoms with Crippen molar-refractivity contribution in [2.24, 2.45) is 4.99 Å². The van der Waals surface area contributed by atoms with Crippen molar-refractivity contribution >= 4 is 5.96 Å². The molecule has 1 aromatic carbocycles. The summed E-state index contributed by atoms with van der Waals surface area (Å²) in [5, 5.41) is 16.3. The minimum atomic E-state index is 0.677. The molecule has 3 rings (SSSR count). The maximum atomic E-state index is 8.87. The molecule has 0 radical (unpaired) electrons. The van der Waals surface area contributed by atoms with E-state index in [1.54, 1.807) is 0 Å². The summed E-state index contributed by atoms with van der Waals surface area (Å²) in [6.07, 6.45) is 0. The Kier molecular flexibility index (Phi) is 5.87. The molecule has 1 fully saturated rings. The summed E-state index contributed by atoms with van der Waals surface area (Å²) in [6, 6.07) is 11.7. The normalized spacial score (nSPS) is 15.7. The molecule has 1 aliphatic rings. The minimum absolute atomic E-state index is 0.677. The van der Waals surface area contributed by atoms with Crippen LogP contribution in [0.5, 0.6) is 0 Å². The summed E-state index contributed by atoms with van der Waals surface area (Å²) < 4.78 is 5.14. The molecule has 1 aliphatic heterocycles. The van der Waals surface area contributed by atoms with Crippen molar-refractivity contribution in [1.82, 2.24) is 20.3 Å². The maximum Gasteiger partial charge on any atom is 0.194 e. The molecule has 1 N–H and O–H groups in total. The van der Waals surface area contributed by atoms with Gasteiger partial charge in [0.15, 0.2) is 5.96 Å². The lowest BCUT2D eigenvalue weighted by Crippen LogP contribution is -2.52. The molecular weight excluding hydrogens is 328 g/mol. The number of guanidine groups is 1. The smallest absolute Gasteiger partial charge is 0.194 e. The van der Waals surface area contributed by atoms with Gasteiger partial charge in [-0.2, -0.15) is 5.26 Å². The highest BCUT2D eigenvalue weighted by molar-refractivity contribution is 5.80. The van der Waals surface area contributed by atoms with Gasteiger partial charge in [-0.15, -0.1) is 0 Å². The van der Waals surface area contributed by atoms with Crippen molar-refractivity contribution < 1.29 is 4.52 Å². The molecule has 0 bridgehead atoms. The molecule has 0 atom stereocenters. The second kappa shape index (κ2) is 8.50. The largest absolute Gasteiger partial charge is 0.361 e. The van der Waals surface area contributed by atoms with E-state index >= 15 is 0 Å². The van der Waals surface area contributed by atoms with E-state index in [0.29, 0.717) is 12.1 Å². The number of benzene rings is 1. The fourth-order valence-corrected chi connectivity index (χ4v) is 3.05. The van der Waals surface area contributed by atoms with Gasteiger partial charge in [-0.05, 0) is 24.6 Å². The molecule has 0 unspecified atom stereocenters. The van der Waals surface area contributed by atoms with Gasteiger partial charge in [0.2, 0.25) is 0 Å². The van der Waals surface area contributed by atoms with Crippen LogP contribution < -0.4 is 5.32 Å². The van der Waals surface area contributed by atoms with Gasteiger partial charge in [-0.25, -0.2) is 0 Å². The van der Waals surface area contributed by atoms with Gasteiger partial charge in [-0.1, -0.05) is 17.3 Å². The lowest BCUT2D eigenvalue weighted by Gasteiger charge is -2.36. The molecule has 2 heterocycles. The number of rotatable bonds is 4. The number of hydrogen-bond acceptors (Lipinski definition) is 5. The predicted octanol–water partition coefficient (Wildman–Crippen LogP) is 1.75. The number of nitriles is 1. The summed E-state index contributed by atoms with van der Waals surface area (Å²) >= 11 is 0. The highest BCUT2D eigenvalue weighted by Crippen LogP contribution is 2.10. The quantitative estimate of drug-likeness (QED) is 0.667. The van der Waals surface area contributed by atoms with Gasteiger partial charge in [-0.3, -0.25) is 9.89 Å². The molecule has 7 heteroatoms. The maximum absolute atomic E-state index is 8.87. The van der Waals surface area contributed by atoms with Crippen LogP contribution in [0.15, 0.2) is 39.8 Å². The average molecular weight is 352 g/mol. The summed E-state index contributed by atoms with van der Waals surface area (Å²) in [5.74, 6) is 1.76. The van der Waals surface area contributed by atoms with Gasteiger partial charge in [0, 0.05) is 52.4 Å². The fraction of sp³-hybridized carbons (Fsp3) is 0.421. The van der Waals surface area contributed by atoms with E-state index in [1.807, 2.05) is 44.3 Å².